The molecule has 0 aliphatic rings. The van der Waals surface area contributed by atoms with Crippen molar-refractivity contribution >= 4 is 11.4 Å². The summed E-state index contributed by atoms with van der Waals surface area (Å²) >= 11 is 0. The number of nitrogens with two attached hydrogens (primary N) is 1. The van der Waals surface area contributed by atoms with E-state index in [1.165, 1.54) is 6.07 Å². The zero-order valence-electron chi connectivity index (χ0n) is 9.88. The second-order valence-electron chi connectivity index (χ2n) is 4.04. The van der Waals surface area contributed by atoms with Crippen molar-refractivity contribution < 1.29 is 10.0 Å². The highest BCUT2D eigenvalue weighted by molar-refractivity contribution is 5.54. The molecule has 1 rings (SSSR count). The number of nitro benzene ring substituents is 1. The van der Waals surface area contributed by atoms with Crippen LogP contribution in [0.1, 0.15) is 12.5 Å². The largest absolute Gasteiger partial charge is 0.392 e. The smallest absolute Gasteiger partial charge is 0.274 e. The minimum absolute atomic E-state index is 0.0700. The topological polar surface area (TPSA) is 101 Å². The second-order valence-corrected chi connectivity index (χ2v) is 4.04. The molecule has 4 N–H and O–H groups in total. The molecule has 0 aromatic heterocycles. The maximum absolute atomic E-state index is 10.7. The first kappa shape index (κ1) is 13.4. The minimum atomic E-state index is -0.622. The summed E-state index contributed by atoms with van der Waals surface area (Å²) in [5, 5.41) is 22.9. The standard InChI is InChI=1S/C11H17N3O3/c1-7-3-4-9(5-11(7)14(16)17)13-6-10(12)8(2)15/h3-5,8,10,13,15H,6,12H2,1-2H3. The summed E-state index contributed by atoms with van der Waals surface area (Å²) in [6.45, 7) is 3.64. The van der Waals surface area contributed by atoms with E-state index in [-0.39, 0.29) is 5.69 Å². The molecule has 0 aliphatic heterocycles. The average molecular weight is 239 g/mol. The van der Waals surface area contributed by atoms with Crippen molar-refractivity contribution in [1.82, 2.24) is 0 Å². The van der Waals surface area contributed by atoms with Gasteiger partial charge in [-0.3, -0.25) is 10.1 Å². The summed E-state index contributed by atoms with van der Waals surface area (Å²) in [5.41, 5.74) is 6.95. The molecule has 1 aromatic rings. The minimum Gasteiger partial charge on any atom is -0.392 e. The van der Waals surface area contributed by atoms with Crippen LogP contribution in [-0.4, -0.2) is 28.7 Å². The Morgan fingerprint density at radius 3 is 2.76 bits per heavy atom. The molecule has 0 saturated carbocycles. The predicted octanol–water partition coefficient (Wildman–Crippen LogP) is 1.02. The number of aliphatic hydroxyl groups excluding tert-OH is 1. The van der Waals surface area contributed by atoms with Crippen LogP contribution in [0, 0.1) is 17.0 Å². The van der Waals surface area contributed by atoms with E-state index in [4.69, 9.17) is 5.73 Å². The van der Waals surface area contributed by atoms with Crippen LogP contribution in [0.5, 0.6) is 0 Å². The lowest BCUT2D eigenvalue weighted by Crippen LogP contribution is -2.38. The van der Waals surface area contributed by atoms with Crippen LogP contribution in [-0.2, 0) is 0 Å². The fourth-order valence-corrected chi connectivity index (χ4v) is 1.32. The Morgan fingerprint density at radius 1 is 1.59 bits per heavy atom. The Balaban J connectivity index is 2.73. The molecule has 0 bridgehead atoms. The van der Waals surface area contributed by atoms with E-state index in [1.807, 2.05) is 0 Å². The number of benzene rings is 1. The lowest BCUT2D eigenvalue weighted by molar-refractivity contribution is -0.385. The molecule has 0 amide bonds. The molecule has 1 aromatic carbocycles. The third-order valence-electron chi connectivity index (χ3n) is 2.57. The van der Waals surface area contributed by atoms with Gasteiger partial charge in [0.15, 0.2) is 0 Å². The molecule has 0 heterocycles. The van der Waals surface area contributed by atoms with Crippen LogP contribution < -0.4 is 11.1 Å². The van der Waals surface area contributed by atoms with Gasteiger partial charge in [0, 0.05) is 29.9 Å². The monoisotopic (exact) mass is 239 g/mol. The molecular weight excluding hydrogens is 222 g/mol. The molecule has 0 aliphatic carbocycles. The summed E-state index contributed by atoms with van der Waals surface area (Å²) in [6, 6.07) is 4.48. The van der Waals surface area contributed by atoms with Gasteiger partial charge in [0.05, 0.1) is 11.0 Å². The molecule has 0 fully saturated rings. The number of nitrogens with one attached hydrogen (secondary N) is 1. The van der Waals surface area contributed by atoms with E-state index in [2.05, 4.69) is 5.32 Å². The van der Waals surface area contributed by atoms with Gasteiger partial charge in [0.2, 0.25) is 0 Å². The number of hydrogen-bond donors (Lipinski definition) is 3. The van der Waals surface area contributed by atoms with E-state index >= 15 is 0 Å². The molecule has 17 heavy (non-hydrogen) atoms. The number of anilines is 1. The number of hydrogen-bond acceptors (Lipinski definition) is 5. The molecule has 2 atom stereocenters. The molecular formula is C11H17N3O3. The lowest BCUT2D eigenvalue weighted by Gasteiger charge is -2.16. The highest BCUT2D eigenvalue weighted by atomic mass is 16.6. The van der Waals surface area contributed by atoms with Crippen molar-refractivity contribution in [3.8, 4) is 0 Å². The van der Waals surface area contributed by atoms with Gasteiger partial charge in [-0.25, -0.2) is 0 Å². The zero-order chi connectivity index (χ0) is 13.0. The summed E-state index contributed by atoms with van der Waals surface area (Å²) in [5.74, 6) is 0. The Morgan fingerprint density at radius 2 is 2.24 bits per heavy atom. The predicted molar refractivity (Wildman–Crippen MR) is 66.0 cm³/mol. The number of nitrogens with zero attached hydrogens (tertiary/aromatic N) is 1. The lowest BCUT2D eigenvalue weighted by atomic mass is 10.1. The average Bonchev–Trinajstić information content (AvgIpc) is 2.26. The molecule has 2 unspecified atom stereocenters. The van der Waals surface area contributed by atoms with Crippen LogP contribution in [0.2, 0.25) is 0 Å². The summed E-state index contributed by atoms with van der Waals surface area (Å²) in [6.07, 6.45) is -0.622. The maximum Gasteiger partial charge on any atom is 0.274 e. The van der Waals surface area contributed by atoms with Crippen molar-refractivity contribution in [2.24, 2.45) is 5.73 Å². The quantitative estimate of drug-likeness (QED) is 0.526. The molecule has 0 saturated heterocycles. The number of aryl methyl sites for hydroxylation is 1. The van der Waals surface area contributed by atoms with Crippen molar-refractivity contribution in [2.45, 2.75) is 26.0 Å². The molecule has 6 heteroatoms. The summed E-state index contributed by atoms with van der Waals surface area (Å²) < 4.78 is 0. The van der Waals surface area contributed by atoms with E-state index in [1.54, 1.807) is 26.0 Å². The van der Waals surface area contributed by atoms with Gasteiger partial charge in [0.25, 0.3) is 5.69 Å². The SMILES string of the molecule is Cc1ccc(NCC(N)C(C)O)cc1[N+](=O)[O-]. The molecule has 0 spiro atoms. The van der Waals surface area contributed by atoms with E-state index in [0.717, 1.165) is 0 Å². The maximum atomic E-state index is 10.7. The van der Waals surface area contributed by atoms with Crippen molar-refractivity contribution in [1.29, 1.82) is 0 Å². The number of nitro groups is 1. The highest BCUT2D eigenvalue weighted by Gasteiger charge is 2.12. The summed E-state index contributed by atoms with van der Waals surface area (Å²) in [4.78, 5) is 10.3. The van der Waals surface area contributed by atoms with Crippen molar-refractivity contribution in [2.75, 3.05) is 11.9 Å². The van der Waals surface area contributed by atoms with Gasteiger partial charge in [-0.05, 0) is 19.9 Å². The number of aliphatic hydroxyl groups is 1. The van der Waals surface area contributed by atoms with Gasteiger partial charge in [-0.2, -0.15) is 0 Å². The zero-order valence-corrected chi connectivity index (χ0v) is 9.88. The van der Waals surface area contributed by atoms with Crippen LogP contribution in [0.25, 0.3) is 0 Å². The molecule has 6 nitrogen and oxygen atoms in total. The van der Waals surface area contributed by atoms with Crippen LogP contribution in [0.15, 0.2) is 18.2 Å². The third kappa shape index (κ3) is 3.69. The van der Waals surface area contributed by atoms with Crippen molar-refractivity contribution in [3.05, 3.63) is 33.9 Å². The first-order chi connectivity index (χ1) is 7.91. The van der Waals surface area contributed by atoms with E-state index in [9.17, 15) is 15.2 Å². The van der Waals surface area contributed by atoms with Crippen LogP contribution in [0.3, 0.4) is 0 Å². The van der Waals surface area contributed by atoms with E-state index < -0.39 is 17.1 Å². The normalized spacial score (nSPS) is 14.1. The van der Waals surface area contributed by atoms with Crippen LogP contribution >= 0.6 is 0 Å². The Labute approximate surface area is 99.6 Å². The van der Waals surface area contributed by atoms with Gasteiger partial charge in [0.1, 0.15) is 0 Å². The first-order valence-electron chi connectivity index (χ1n) is 5.34. The highest BCUT2D eigenvalue weighted by Crippen LogP contribution is 2.22. The Kier molecular flexibility index (Phi) is 4.42. The first-order valence-corrected chi connectivity index (χ1v) is 5.34. The van der Waals surface area contributed by atoms with Gasteiger partial charge < -0.3 is 16.2 Å². The fourth-order valence-electron chi connectivity index (χ4n) is 1.32. The molecule has 0 radical (unpaired) electrons. The Bertz CT molecular complexity index is 407. The fraction of sp³-hybridized carbons (Fsp3) is 0.455. The van der Waals surface area contributed by atoms with Crippen molar-refractivity contribution in [3.63, 3.8) is 0 Å². The van der Waals surface area contributed by atoms with Gasteiger partial charge in [-0.1, -0.05) is 6.07 Å². The van der Waals surface area contributed by atoms with E-state index in [0.29, 0.717) is 17.8 Å². The van der Waals surface area contributed by atoms with Crippen LogP contribution in [0.4, 0.5) is 11.4 Å². The number of rotatable bonds is 5. The van der Waals surface area contributed by atoms with Gasteiger partial charge >= 0.3 is 0 Å². The third-order valence-corrected chi connectivity index (χ3v) is 2.57. The Hall–Kier alpha value is -1.66. The van der Waals surface area contributed by atoms with Gasteiger partial charge in [-0.15, -0.1) is 0 Å². The summed E-state index contributed by atoms with van der Waals surface area (Å²) in [7, 11) is 0. The second kappa shape index (κ2) is 5.60. The molecule has 94 valence electrons.